The second-order valence-electron chi connectivity index (χ2n) is 4.60. The van der Waals surface area contributed by atoms with Gasteiger partial charge in [-0.25, -0.2) is 14.0 Å². The van der Waals surface area contributed by atoms with Crippen molar-refractivity contribution in [3.63, 3.8) is 0 Å². The third-order valence-corrected chi connectivity index (χ3v) is 3.36. The first-order valence-corrected chi connectivity index (χ1v) is 6.72. The first-order chi connectivity index (χ1) is 9.97. The van der Waals surface area contributed by atoms with Crippen molar-refractivity contribution in [2.24, 2.45) is 0 Å². The van der Waals surface area contributed by atoms with Gasteiger partial charge in [0.25, 0.3) is 0 Å². The number of carboxylic acid groups (broad SMARTS) is 1. The average molecular weight is 317 g/mol. The van der Waals surface area contributed by atoms with Crippen LogP contribution in [0, 0.1) is 5.82 Å². The molecule has 0 bridgehead atoms. The van der Waals surface area contributed by atoms with E-state index in [1.165, 1.54) is 18.2 Å². The lowest BCUT2D eigenvalue weighted by molar-refractivity contribution is -0.149. The molecule has 1 heterocycles. The molecule has 0 aromatic heterocycles. The van der Waals surface area contributed by atoms with E-state index in [9.17, 15) is 14.0 Å². The maximum absolute atomic E-state index is 13.6. The molecular weight excluding hydrogens is 303 g/mol. The second-order valence-corrected chi connectivity index (χ2v) is 5.01. The van der Waals surface area contributed by atoms with Crippen LogP contribution in [0.25, 0.3) is 0 Å². The van der Waals surface area contributed by atoms with Crippen molar-refractivity contribution < 1.29 is 23.8 Å². The molecule has 0 radical (unpaired) electrons. The van der Waals surface area contributed by atoms with Crippen LogP contribution >= 0.6 is 11.6 Å². The summed E-state index contributed by atoms with van der Waals surface area (Å²) in [4.78, 5) is 22.4. The van der Waals surface area contributed by atoms with E-state index in [4.69, 9.17) is 21.4 Å². The van der Waals surface area contributed by atoms with Crippen molar-refractivity contribution in [3.8, 4) is 0 Å². The number of halogens is 2. The van der Waals surface area contributed by atoms with Gasteiger partial charge in [-0.2, -0.15) is 0 Å². The number of rotatable bonds is 4. The van der Waals surface area contributed by atoms with Gasteiger partial charge in [-0.15, -0.1) is 0 Å². The Labute approximate surface area is 125 Å². The molecule has 6 nitrogen and oxygen atoms in total. The maximum atomic E-state index is 13.6. The van der Waals surface area contributed by atoms with Crippen molar-refractivity contribution >= 4 is 29.3 Å². The van der Waals surface area contributed by atoms with Crippen LogP contribution in [0.1, 0.15) is 12.8 Å². The molecule has 0 saturated carbocycles. The molecule has 114 valence electrons. The zero-order valence-corrected chi connectivity index (χ0v) is 11.7. The quantitative estimate of drug-likeness (QED) is 0.795. The summed E-state index contributed by atoms with van der Waals surface area (Å²) in [6.07, 6.45) is -0.235. The third kappa shape index (κ3) is 4.05. The van der Waals surface area contributed by atoms with E-state index in [1.54, 1.807) is 0 Å². The molecule has 2 atom stereocenters. The predicted molar refractivity (Wildman–Crippen MR) is 74.0 cm³/mol. The number of amides is 2. The summed E-state index contributed by atoms with van der Waals surface area (Å²) >= 11 is 5.60. The summed E-state index contributed by atoms with van der Waals surface area (Å²) in [6, 6.07) is 3.66. The van der Waals surface area contributed by atoms with E-state index >= 15 is 0 Å². The molecule has 2 amide bonds. The lowest BCUT2D eigenvalue weighted by atomic mass is 10.2. The van der Waals surface area contributed by atoms with Crippen LogP contribution < -0.4 is 10.6 Å². The van der Waals surface area contributed by atoms with Crippen LogP contribution in [-0.2, 0) is 9.53 Å². The predicted octanol–water partition coefficient (Wildman–Crippen LogP) is 2.23. The van der Waals surface area contributed by atoms with E-state index in [0.29, 0.717) is 12.8 Å². The molecule has 21 heavy (non-hydrogen) atoms. The van der Waals surface area contributed by atoms with Crippen LogP contribution in [-0.4, -0.2) is 35.9 Å². The summed E-state index contributed by atoms with van der Waals surface area (Å²) in [5.74, 6) is -1.72. The fourth-order valence-electron chi connectivity index (χ4n) is 2.01. The number of benzene rings is 1. The minimum atomic E-state index is -1.01. The fourth-order valence-corrected chi connectivity index (χ4v) is 2.19. The molecule has 3 N–H and O–H groups in total. The smallest absolute Gasteiger partial charge is 0.332 e. The van der Waals surface area contributed by atoms with Crippen LogP contribution in [0.3, 0.4) is 0 Å². The lowest BCUT2D eigenvalue weighted by Crippen LogP contribution is -2.36. The standard InChI is InChI=1S/C13H14ClFN2O4/c14-8-2-1-3-9(11(8)15)17-13(20)16-6-7-4-5-10(21-7)12(18)19/h1-3,7,10H,4-6H2,(H,18,19)(H2,16,17,20). The van der Waals surface area contributed by atoms with Gasteiger partial charge in [0.05, 0.1) is 16.8 Å². The molecular formula is C13H14ClFN2O4. The molecule has 1 aliphatic heterocycles. The minimum absolute atomic E-state index is 0.0317. The van der Waals surface area contributed by atoms with Gasteiger partial charge in [0.15, 0.2) is 11.9 Å². The summed E-state index contributed by atoms with van der Waals surface area (Å²) in [6.45, 7) is 0.151. The van der Waals surface area contributed by atoms with Crippen LogP contribution in [0.5, 0.6) is 0 Å². The van der Waals surface area contributed by atoms with Crippen molar-refractivity contribution in [1.82, 2.24) is 5.32 Å². The normalized spacial score (nSPS) is 21.0. The minimum Gasteiger partial charge on any atom is -0.479 e. The number of carboxylic acids is 1. The number of ether oxygens (including phenoxy) is 1. The van der Waals surface area contributed by atoms with E-state index < -0.39 is 23.9 Å². The van der Waals surface area contributed by atoms with Crippen molar-refractivity contribution in [2.45, 2.75) is 25.0 Å². The van der Waals surface area contributed by atoms with E-state index in [1.807, 2.05) is 0 Å². The Balaban J connectivity index is 1.80. The van der Waals surface area contributed by atoms with Crippen molar-refractivity contribution in [2.75, 3.05) is 11.9 Å². The monoisotopic (exact) mass is 316 g/mol. The van der Waals surface area contributed by atoms with Crippen molar-refractivity contribution in [1.29, 1.82) is 0 Å². The highest BCUT2D eigenvalue weighted by Crippen LogP contribution is 2.22. The number of carbonyl (C=O) groups excluding carboxylic acids is 1. The molecule has 2 unspecified atom stereocenters. The number of nitrogens with one attached hydrogen (secondary N) is 2. The number of hydrogen-bond acceptors (Lipinski definition) is 3. The van der Waals surface area contributed by atoms with Crippen LogP contribution in [0.15, 0.2) is 18.2 Å². The molecule has 1 aliphatic rings. The fraction of sp³-hybridized carbons (Fsp3) is 0.385. The highest BCUT2D eigenvalue weighted by molar-refractivity contribution is 6.31. The van der Waals surface area contributed by atoms with Gasteiger partial charge in [0, 0.05) is 6.54 Å². The maximum Gasteiger partial charge on any atom is 0.332 e. The van der Waals surface area contributed by atoms with Gasteiger partial charge < -0.3 is 20.5 Å². The van der Waals surface area contributed by atoms with Gasteiger partial charge in [-0.05, 0) is 25.0 Å². The molecule has 8 heteroatoms. The Morgan fingerprint density at radius 2 is 2.19 bits per heavy atom. The van der Waals surface area contributed by atoms with Gasteiger partial charge in [0.2, 0.25) is 0 Å². The Morgan fingerprint density at radius 1 is 1.43 bits per heavy atom. The Morgan fingerprint density at radius 3 is 2.86 bits per heavy atom. The van der Waals surface area contributed by atoms with E-state index in [0.717, 1.165) is 0 Å². The lowest BCUT2D eigenvalue weighted by Gasteiger charge is -2.13. The molecule has 0 spiro atoms. The highest BCUT2D eigenvalue weighted by Gasteiger charge is 2.30. The largest absolute Gasteiger partial charge is 0.479 e. The zero-order chi connectivity index (χ0) is 15.4. The Hall–Kier alpha value is -1.86. The summed E-state index contributed by atoms with van der Waals surface area (Å²) < 4.78 is 18.8. The first kappa shape index (κ1) is 15.5. The molecule has 1 aromatic rings. The van der Waals surface area contributed by atoms with E-state index in [2.05, 4.69) is 10.6 Å². The molecule has 0 aliphatic carbocycles. The van der Waals surface area contributed by atoms with Crippen LogP contribution in [0.4, 0.5) is 14.9 Å². The van der Waals surface area contributed by atoms with E-state index in [-0.39, 0.29) is 23.4 Å². The number of carbonyl (C=O) groups is 2. The average Bonchev–Trinajstić information content (AvgIpc) is 2.91. The van der Waals surface area contributed by atoms with Gasteiger partial charge in [-0.1, -0.05) is 17.7 Å². The first-order valence-electron chi connectivity index (χ1n) is 6.34. The van der Waals surface area contributed by atoms with Gasteiger partial charge in [-0.3, -0.25) is 0 Å². The number of urea groups is 1. The van der Waals surface area contributed by atoms with Crippen LogP contribution in [0.2, 0.25) is 5.02 Å². The zero-order valence-electron chi connectivity index (χ0n) is 10.9. The van der Waals surface area contributed by atoms with Gasteiger partial charge in [0.1, 0.15) is 0 Å². The second kappa shape index (κ2) is 6.73. The number of anilines is 1. The Bertz CT molecular complexity index is 555. The number of hydrogen-bond donors (Lipinski definition) is 3. The molecule has 2 rings (SSSR count). The molecule has 1 fully saturated rings. The molecule has 1 saturated heterocycles. The summed E-state index contributed by atoms with van der Waals surface area (Å²) in [5, 5.41) is 13.5. The Kier molecular flexibility index (Phi) is 4.98. The molecule has 1 aromatic carbocycles. The van der Waals surface area contributed by atoms with Crippen molar-refractivity contribution in [3.05, 3.63) is 29.0 Å². The highest BCUT2D eigenvalue weighted by atomic mass is 35.5. The number of aliphatic carboxylic acids is 1. The van der Waals surface area contributed by atoms with Gasteiger partial charge >= 0.3 is 12.0 Å². The third-order valence-electron chi connectivity index (χ3n) is 3.07. The summed E-state index contributed by atoms with van der Waals surface area (Å²) in [7, 11) is 0. The summed E-state index contributed by atoms with van der Waals surface area (Å²) in [5.41, 5.74) is -0.0317. The SMILES string of the molecule is O=C(NCC1CCC(C(=O)O)O1)Nc1cccc(Cl)c1F. The topological polar surface area (TPSA) is 87.7 Å².